The fourth-order valence-corrected chi connectivity index (χ4v) is 3.82. The number of nitrogens with zero attached hydrogens (tertiary/aromatic N) is 1. The molecule has 3 aromatic rings. The number of hydrogen-bond donors (Lipinski definition) is 9. The van der Waals surface area contributed by atoms with Gasteiger partial charge in [-0.25, -0.2) is 4.79 Å². The smallest absolute Gasteiger partial charge is 0.326 e. The van der Waals surface area contributed by atoms with Gasteiger partial charge in [-0.15, -0.1) is 0 Å². The molecule has 10 N–H and O–H groups in total. The average molecular weight is 531 g/mol. The Hall–Kier alpha value is -4.27. The first-order chi connectivity index (χ1) is 18.1. The lowest BCUT2D eigenvalue weighted by molar-refractivity contribution is -0.139. The van der Waals surface area contributed by atoms with Gasteiger partial charge in [-0.2, -0.15) is 4.98 Å². The summed E-state index contributed by atoms with van der Waals surface area (Å²) in [5, 5.41) is 42.4. The SMILES string of the molecule is Nc1nc2[nH]cc(CCc3ccc(C(=O)N[C@@H](CCC(=O)NC(CO)(CO)CO)C(=O)O)cc3)c2c(=O)[nH]1. The largest absolute Gasteiger partial charge is 0.480 e. The number of carbonyl (C=O) groups is 3. The molecule has 0 saturated carbocycles. The molecule has 0 fully saturated rings. The normalized spacial score (nSPS) is 12.3. The van der Waals surface area contributed by atoms with Crippen molar-refractivity contribution < 1.29 is 34.8 Å². The number of hydrogen-bond acceptors (Lipinski definition) is 9. The average Bonchev–Trinajstić information content (AvgIpc) is 3.31. The van der Waals surface area contributed by atoms with Gasteiger partial charge < -0.3 is 41.8 Å². The molecule has 0 aliphatic heterocycles. The second-order valence-corrected chi connectivity index (χ2v) is 8.89. The predicted molar refractivity (Wildman–Crippen MR) is 135 cm³/mol. The number of carbonyl (C=O) groups excluding carboxylic acids is 2. The van der Waals surface area contributed by atoms with E-state index in [1.807, 2.05) is 0 Å². The molecule has 38 heavy (non-hydrogen) atoms. The van der Waals surface area contributed by atoms with Crippen molar-refractivity contribution in [1.82, 2.24) is 25.6 Å². The Labute approximate surface area is 215 Å². The van der Waals surface area contributed by atoms with Gasteiger partial charge in [0.15, 0.2) is 0 Å². The Balaban J connectivity index is 1.57. The van der Waals surface area contributed by atoms with E-state index < -0.39 is 49.2 Å². The summed E-state index contributed by atoms with van der Waals surface area (Å²) in [5.41, 5.74) is 5.84. The third kappa shape index (κ3) is 6.73. The molecule has 14 heteroatoms. The molecule has 0 unspecified atom stereocenters. The van der Waals surface area contributed by atoms with Crippen LogP contribution < -0.4 is 21.9 Å². The van der Waals surface area contributed by atoms with Gasteiger partial charge in [-0.3, -0.25) is 19.4 Å². The molecular weight excluding hydrogens is 500 g/mol. The van der Waals surface area contributed by atoms with E-state index in [1.54, 1.807) is 30.5 Å². The van der Waals surface area contributed by atoms with Crippen molar-refractivity contribution in [2.45, 2.75) is 37.3 Å². The van der Waals surface area contributed by atoms with Gasteiger partial charge in [0.25, 0.3) is 11.5 Å². The van der Waals surface area contributed by atoms with Gasteiger partial charge in [-0.1, -0.05) is 12.1 Å². The Morgan fingerprint density at radius 2 is 1.71 bits per heavy atom. The summed E-state index contributed by atoms with van der Waals surface area (Å²) in [7, 11) is 0. The summed E-state index contributed by atoms with van der Waals surface area (Å²) in [6.07, 6.45) is 2.18. The summed E-state index contributed by atoms with van der Waals surface area (Å²) >= 11 is 0. The highest BCUT2D eigenvalue weighted by molar-refractivity contribution is 5.96. The Morgan fingerprint density at radius 3 is 2.32 bits per heavy atom. The number of H-pyrrole nitrogens is 2. The number of aryl methyl sites for hydroxylation is 2. The molecule has 2 heterocycles. The minimum absolute atomic E-state index is 0.0188. The summed E-state index contributed by atoms with van der Waals surface area (Å²) in [6, 6.07) is 5.14. The van der Waals surface area contributed by atoms with E-state index in [9.17, 15) is 39.6 Å². The van der Waals surface area contributed by atoms with Crippen molar-refractivity contribution in [3.63, 3.8) is 0 Å². The molecule has 1 aromatic carbocycles. The molecule has 0 spiro atoms. The Morgan fingerprint density at radius 1 is 1.05 bits per heavy atom. The summed E-state index contributed by atoms with van der Waals surface area (Å²) < 4.78 is 0. The fourth-order valence-electron chi connectivity index (χ4n) is 3.82. The number of aromatic nitrogens is 3. The molecule has 2 amide bonds. The van der Waals surface area contributed by atoms with Crippen LogP contribution in [0.5, 0.6) is 0 Å². The molecule has 0 aliphatic carbocycles. The topological polar surface area (TPSA) is 244 Å². The van der Waals surface area contributed by atoms with Gasteiger partial charge in [0.05, 0.1) is 25.2 Å². The van der Waals surface area contributed by atoms with E-state index in [-0.39, 0.29) is 29.9 Å². The van der Waals surface area contributed by atoms with Crippen LogP contribution in [0.2, 0.25) is 0 Å². The second-order valence-electron chi connectivity index (χ2n) is 8.89. The van der Waals surface area contributed by atoms with Gasteiger partial charge in [-0.05, 0) is 42.5 Å². The highest BCUT2D eigenvalue weighted by atomic mass is 16.4. The highest BCUT2D eigenvalue weighted by Crippen LogP contribution is 2.16. The monoisotopic (exact) mass is 530 g/mol. The molecule has 0 saturated heterocycles. The quantitative estimate of drug-likeness (QED) is 0.123. The summed E-state index contributed by atoms with van der Waals surface area (Å²) in [5.74, 6) is -2.68. The predicted octanol–water partition coefficient (Wildman–Crippen LogP) is -1.59. The molecule has 1 atom stereocenters. The van der Waals surface area contributed by atoms with Gasteiger partial charge in [0, 0.05) is 18.2 Å². The van der Waals surface area contributed by atoms with E-state index in [1.165, 1.54) is 0 Å². The third-order valence-corrected chi connectivity index (χ3v) is 6.12. The van der Waals surface area contributed by atoms with Gasteiger partial charge >= 0.3 is 5.97 Å². The van der Waals surface area contributed by atoms with E-state index in [0.717, 1.165) is 11.1 Å². The first-order valence-corrected chi connectivity index (χ1v) is 11.7. The number of amides is 2. The molecule has 204 valence electrons. The molecule has 14 nitrogen and oxygen atoms in total. The number of anilines is 1. The van der Waals surface area contributed by atoms with Crippen LogP contribution in [-0.2, 0) is 22.4 Å². The molecule has 3 rings (SSSR count). The standard InChI is InChI=1S/C24H30N6O8/c25-23-28-19-18(21(36)29-23)15(9-26-19)6-3-13-1-4-14(5-2-13)20(35)27-16(22(37)38)7-8-17(34)30-24(10-31,11-32)12-33/h1-2,4-5,9,16,31-33H,3,6-8,10-12H2,(H,27,35)(H,30,34)(H,37,38)(H4,25,26,28,29,36)/t16-/m0/s1. The van der Waals surface area contributed by atoms with E-state index in [0.29, 0.717) is 23.9 Å². The molecule has 0 bridgehead atoms. The summed E-state index contributed by atoms with van der Waals surface area (Å²) in [4.78, 5) is 58.0. The number of nitrogens with one attached hydrogen (secondary N) is 4. The minimum Gasteiger partial charge on any atom is -0.480 e. The lowest BCUT2D eigenvalue weighted by Gasteiger charge is -2.28. The number of nitrogens with two attached hydrogens (primary N) is 1. The molecule has 2 aromatic heterocycles. The zero-order valence-electron chi connectivity index (χ0n) is 20.4. The van der Waals surface area contributed by atoms with Crippen LogP contribution in [0.4, 0.5) is 5.95 Å². The van der Waals surface area contributed by atoms with Crippen molar-refractivity contribution in [2.24, 2.45) is 0 Å². The van der Waals surface area contributed by atoms with Crippen LogP contribution in [0.25, 0.3) is 11.0 Å². The first-order valence-electron chi connectivity index (χ1n) is 11.7. The zero-order chi connectivity index (χ0) is 27.9. The fraction of sp³-hybridized carbons (Fsp3) is 0.375. The molecule has 0 aliphatic rings. The Kier molecular flexibility index (Phi) is 9.17. The van der Waals surface area contributed by atoms with Crippen LogP contribution in [0.15, 0.2) is 35.3 Å². The van der Waals surface area contributed by atoms with Crippen LogP contribution in [-0.4, -0.2) is 84.6 Å². The van der Waals surface area contributed by atoms with Crippen molar-refractivity contribution >= 4 is 34.8 Å². The van der Waals surface area contributed by atoms with E-state index in [2.05, 4.69) is 25.6 Å². The van der Waals surface area contributed by atoms with Crippen molar-refractivity contribution in [3.8, 4) is 0 Å². The highest BCUT2D eigenvalue weighted by Gasteiger charge is 2.30. The minimum atomic E-state index is -1.63. The maximum Gasteiger partial charge on any atom is 0.326 e. The number of fused-ring (bicyclic) bond motifs is 1. The number of benzene rings is 1. The van der Waals surface area contributed by atoms with Crippen LogP contribution >= 0.6 is 0 Å². The number of aliphatic hydroxyl groups excluding tert-OH is 3. The maximum atomic E-state index is 12.6. The van der Waals surface area contributed by atoms with Crippen LogP contribution in [0.3, 0.4) is 0 Å². The third-order valence-electron chi connectivity index (χ3n) is 6.12. The number of aromatic amines is 2. The van der Waals surface area contributed by atoms with Crippen LogP contribution in [0, 0.1) is 0 Å². The van der Waals surface area contributed by atoms with Crippen molar-refractivity contribution in [2.75, 3.05) is 25.6 Å². The van der Waals surface area contributed by atoms with E-state index in [4.69, 9.17) is 5.73 Å². The lowest BCUT2D eigenvalue weighted by Crippen LogP contribution is -2.57. The van der Waals surface area contributed by atoms with E-state index >= 15 is 0 Å². The Bertz CT molecular complexity index is 1340. The van der Waals surface area contributed by atoms with Crippen molar-refractivity contribution in [1.29, 1.82) is 0 Å². The maximum absolute atomic E-state index is 12.6. The lowest BCUT2D eigenvalue weighted by atomic mass is 10.0. The van der Waals surface area contributed by atoms with Gasteiger partial charge in [0.1, 0.15) is 17.2 Å². The number of aliphatic carboxylic acids is 1. The number of aliphatic hydroxyl groups is 3. The number of nitrogen functional groups attached to an aromatic ring is 1. The summed E-state index contributed by atoms with van der Waals surface area (Å²) in [6.45, 7) is -2.15. The second kappa shape index (κ2) is 12.3. The number of rotatable bonds is 13. The van der Waals surface area contributed by atoms with Crippen molar-refractivity contribution in [3.05, 3.63) is 57.5 Å². The first kappa shape index (κ1) is 28.3. The molecular formula is C24H30N6O8. The molecule has 0 radical (unpaired) electrons. The number of carboxylic acid groups (broad SMARTS) is 1. The zero-order valence-corrected chi connectivity index (χ0v) is 20.4. The van der Waals surface area contributed by atoms with Crippen LogP contribution in [0.1, 0.15) is 34.3 Å². The number of carboxylic acids is 1. The van der Waals surface area contributed by atoms with Gasteiger partial charge in [0.2, 0.25) is 11.9 Å².